The molecule has 4 nitrogen and oxygen atoms in total. The second-order valence-electron chi connectivity index (χ2n) is 7.64. The quantitative estimate of drug-likeness (QED) is 0.213. The van der Waals surface area contributed by atoms with Crippen LogP contribution in [-0.2, 0) is 4.79 Å². The number of hydrogen-bond acceptors (Lipinski definition) is 3. The zero-order valence-corrected chi connectivity index (χ0v) is 19.8. The van der Waals surface area contributed by atoms with Crippen LogP contribution in [0.5, 0.6) is 0 Å². The van der Waals surface area contributed by atoms with E-state index < -0.39 is 5.82 Å². The maximum Gasteiger partial charge on any atom is 0.223 e. The molecule has 0 saturated heterocycles. The second kappa shape index (κ2) is 12.5. The number of halogens is 2. The minimum absolute atomic E-state index is 0.211. The van der Waals surface area contributed by atoms with Crippen molar-refractivity contribution in [1.29, 1.82) is 0 Å². The number of ketones is 1. The summed E-state index contributed by atoms with van der Waals surface area (Å²) in [6, 6.07) is 11.2. The molecule has 2 rings (SSSR count). The lowest BCUT2D eigenvalue weighted by Crippen LogP contribution is -2.30. The molecule has 31 heavy (non-hydrogen) atoms. The lowest BCUT2D eigenvalue weighted by Gasteiger charge is -2.22. The van der Waals surface area contributed by atoms with Crippen molar-refractivity contribution in [3.8, 4) is 0 Å². The van der Waals surface area contributed by atoms with Crippen LogP contribution in [0.3, 0.4) is 0 Å². The van der Waals surface area contributed by atoms with Gasteiger partial charge in [0.15, 0.2) is 5.78 Å². The number of nitrogens with zero attached hydrogens (tertiary/aromatic N) is 2. The fraction of sp³-hybridized carbons (Fsp3) is 0.360. The van der Waals surface area contributed by atoms with E-state index in [4.69, 9.17) is 0 Å². The summed E-state index contributed by atoms with van der Waals surface area (Å²) in [6.07, 6.45) is 5.77. The zero-order valence-electron chi connectivity index (χ0n) is 18.2. The van der Waals surface area contributed by atoms with Gasteiger partial charge >= 0.3 is 0 Å². The van der Waals surface area contributed by atoms with Crippen LogP contribution in [0.4, 0.5) is 10.1 Å². The largest absolute Gasteiger partial charge is 0.310 e. The molecule has 0 radical (unpaired) electrons. The van der Waals surface area contributed by atoms with Crippen LogP contribution >= 0.6 is 15.9 Å². The van der Waals surface area contributed by atoms with E-state index >= 15 is 0 Å². The molecule has 0 fully saturated rings. The maximum absolute atomic E-state index is 14.8. The molecule has 0 aliphatic heterocycles. The monoisotopic (exact) mass is 488 g/mol. The van der Waals surface area contributed by atoms with Crippen molar-refractivity contribution in [2.24, 2.45) is 0 Å². The van der Waals surface area contributed by atoms with Crippen LogP contribution in [0.2, 0.25) is 0 Å². The Labute approximate surface area is 192 Å². The standard InChI is InChI=1S/C25H30BrFN2O2/c1-4-15-28(3)16-7-5-6-8-17-29(19(2)30)24-14-11-21(18-23(24)27)25(31)20-9-12-22(26)13-10-20/h4,9-14,18H,1,5-8,15-17H2,2-3H3. The number of likely N-dealkylation sites (N-methyl/N-ethyl adjacent to an activating group) is 1. The highest BCUT2D eigenvalue weighted by molar-refractivity contribution is 9.10. The van der Waals surface area contributed by atoms with Gasteiger partial charge in [-0.05, 0) is 68.9 Å². The number of carbonyl (C=O) groups excluding carboxylic acids is 2. The lowest BCUT2D eigenvalue weighted by molar-refractivity contribution is -0.116. The molecule has 0 heterocycles. The van der Waals surface area contributed by atoms with Crippen molar-refractivity contribution in [2.45, 2.75) is 32.6 Å². The van der Waals surface area contributed by atoms with Gasteiger partial charge in [-0.2, -0.15) is 0 Å². The predicted octanol–water partition coefficient (Wildman–Crippen LogP) is 5.85. The third-order valence-corrected chi connectivity index (χ3v) is 5.63. The first kappa shape index (κ1) is 25.0. The summed E-state index contributed by atoms with van der Waals surface area (Å²) in [6.45, 7) is 7.50. The number of amides is 1. The highest BCUT2D eigenvalue weighted by atomic mass is 79.9. The minimum atomic E-state index is -0.566. The third-order valence-electron chi connectivity index (χ3n) is 5.10. The van der Waals surface area contributed by atoms with Gasteiger partial charge in [0.2, 0.25) is 5.91 Å². The van der Waals surface area contributed by atoms with E-state index in [0.29, 0.717) is 12.1 Å². The van der Waals surface area contributed by atoms with Gasteiger partial charge in [0.05, 0.1) is 5.69 Å². The van der Waals surface area contributed by atoms with Crippen LogP contribution in [0.25, 0.3) is 0 Å². The van der Waals surface area contributed by atoms with Crippen molar-refractivity contribution in [3.63, 3.8) is 0 Å². The van der Waals surface area contributed by atoms with E-state index in [2.05, 4.69) is 34.5 Å². The predicted molar refractivity (Wildman–Crippen MR) is 128 cm³/mol. The Morgan fingerprint density at radius 2 is 1.61 bits per heavy atom. The average molecular weight is 489 g/mol. The summed E-state index contributed by atoms with van der Waals surface area (Å²) < 4.78 is 15.7. The fourth-order valence-electron chi connectivity index (χ4n) is 3.40. The van der Waals surface area contributed by atoms with Gasteiger partial charge in [-0.25, -0.2) is 4.39 Å². The number of carbonyl (C=O) groups is 2. The molecular formula is C25H30BrFN2O2. The van der Waals surface area contributed by atoms with Crippen molar-refractivity contribution < 1.29 is 14.0 Å². The number of benzene rings is 2. The van der Waals surface area contributed by atoms with Crippen molar-refractivity contribution in [1.82, 2.24) is 4.90 Å². The summed E-state index contributed by atoms with van der Waals surface area (Å²) in [7, 11) is 2.06. The summed E-state index contributed by atoms with van der Waals surface area (Å²) in [4.78, 5) is 28.4. The van der Waals surface area contributed by atoms with Gasteiger partial charge < -0.3 is 9.80 Å². The Hall–Kier alpha value is -2.31. The van der Waals surface area contributed by atoms with Crippen LogP contribution in [0.15, 0.2) is 59.6 Å². The molecule has 0 aromatic heterocycles. The molecule has 0 spiro atoms. The smallest absolute Gasteiger partial charge is 0.223 e. The normalized spacial score (nSPS) is 10.9. The SMILES string of the molecule is C=CCN(C)CCCCCCN(C(C)=O)c1ccc(C(=O)c2ccc(Br)cc2)cc1F. The van der Waals surface area contributed by atoms with Crippen molar-refractivity contribution >= 4 is 33.3 Å². The molecule has 0 aliphatic carbocycles. The highest BCUT2D eigenvalue weighted by Crippen LogP contribution is 2.23. The Bertz CT molecular complexity index is 899. The molecule has 166 valence electrons. The molecule has 0 bridgehead atoms. The van der Waals surface area contributed by atoms with Crippen LogP contribution < -0.4 is 4.90 Å². The fourth-order valence-corrected chi connectivity index (χ4v) is 3.66. The van der Waals surface area contributed by atoms with Gasteiger partial charge in [-0.15, -0.1) is 6.58 Å². The second-order valence-corrected chi connectivity index (χ2v) is 8.55. The van der Waals surface area contributed by atoms with Gasteiger partial charge in [0.1, 0.15) is 5.82 Å². The number of rotatable bonds is 12. The molecule has 0 saturated carbocycles. The first-order valence-electron chi connectivity index (χ1n) is 10.5. The van der Waals surface area contributed by atoms with Crippen LogP contribution in [0.1, 0.15) is 48.5 Å². The molecular weight excluding hydrogens is 459 g/mol. The number of hydrogen-bond donors (Lipinski definition) is 0. The summed E-state index contributed by atoms with van der Waals surface area (Å²) in [5.74, 6) is -1.03. The van der Waals surface area contributed by atoms with E-state index in [-0.39, 0.29) is 22.9 Å². The molecule has 0 unspecified atom stereocenters. The van der Waals surface area contributed by atoms with Gasteiger partial charge in [0.25, 0.3) is 0 Å². The maximum atomic E-state index is 14.8. The molecule has 0 atom stereocenters. The summed E-state index contributed by atoms with van der Waals surface area (Å²) >= 11 is 3.33. The van der Waals surface area contributed by atoms with E-state index in [1.807, 2.05) is 6.08 Å². The Balaban J connectivity index is 1.96. The van der Waals surface area contributed by atoms with Crippen molar-refractivity contribution in [3.05, 3.63) is 76.5 Å². The van der Waals surface area contributed by atoms with E-state index in [9.17, 15) is 14.0 Å². The van der Waals surface area contributed by atoms with Crippen molar-refractivity contribution in [2.75, 3.05) is 31.6 Å². The average Bonchev–Trinajstić information content (AvgIpc) is 2.73. The van der Waals surface area contributed by atoms with Crippen LogP contribution in [-0.4, -0.2) is 43.3 Å². The van der Waals surface area contributed by atoms with Crippen LogP contribution in [0, 0.1) is 5.82 Å². The molecule has 0 aliphatic rings. The first-order valence-corrected chi connectivity index (χ1v) is 11.3. The number of anilines is 1. The molecule has 2 aromatic carbocycles. The van der Waals surface area contributed by atoms with E-state index in [1.165, 1.54) is 24.0 Å². The Kier molecular flexibility index (Phi) is 10.1. The number of unbranched alkanes of at least 4 members (excludes halogenated alkanes) is 3. The molecule has 6 heteroatoms. The molecule has 1 amide bonds. The van der Waals surface area contributed by atoms with E-state index in [0.717, 1.165) is 43.2 Å². The van der Waals surface area contributed by atoms with E-state index in [1.54, 1.807) is 30.3 Å². The summed E-state index contributed by atoms with van der Waals surface area (Å²) in [5, 5.41) is 0. The highest BCUT2D eigenvalue weighted by Gasteiger charge is 2.18. The Morgan fingerprint density at radius 1 is 1.00 bits per heavy atom. The zero-order chi connectivity index (χ0) is 22.8. The summed E-state index contributed by atoms with van der Waals surface area (Å²) in [5.41, 5.74) is 0.957. The first-order chi connectivity index (χ1) is 14.8. The lowest BCUT2D eigenvalue weighted by atomic mass is 10.0. The molecule has 0 N–H and O–H groups in total. The molecule has 2 aromatic rings. The van der Waals surface area contributed by atoms with Gasteiger partial charge in [-0.3, -0.25) is 9.59 Å². The minimum Gasteiger partial charge on any atom is -0.310 e. The van der Waals surface area contributed by atoms with Gasteiger partial charge in [-0.1, -0.05) is 34.8 Å². The Morgan fingerprint density at radius 3 is 2.19 bits per heavy atom. The van der Waals surface area contributed by atoms with Gasteiger partial charge in [0, 0.05) is 35.6 Å². The topological polar surface area (TPSA) is 40.6 Å². The third kappa shape index (κ3) is 7.71.